The number of unbranched alkanes of at least 4 members (excludes halogenated alkanes) is 1. The maximum Gasteiger partial charge on any atom is 0.00643 e. The zero-order valence-corrected chi connectivity index (χ0v) is 13.5. The molecule has 0 saturated heterocycles. The van der Waals surface area contributed by atoms with Crippen LogP contribution in [0.25, 0.3) is 0 Å². The van der Waals surface area contributed by atoms with Crippen molar-refractivity contribution in [2.75, 3.05) is 19.6 Å². The van der Waals surface area contributed by atoms with Crippen LogP contribution in [0.2, 0.25) is 0 Å². The Labute approximate surface area is 116 Å². The average molecular weight is 256 g/mol. The summed E-state index contributed by atoms with van der Waals surface area (Å²) in [6, 6.07) is 1.42. The topological polar surface area (TPSA) is 15.3 Å². The number of hydrogen-bond donors (Lipinski definition) is 1. The zero-order chi connectivity index (χ0) is 13.8. The van der Waals surface area contributed by atoms with E-state index >= 15 is 0 Å². The first-order valence-corrected chi connectivity index (χ1v) is 8.13. The quantitative estimate of drug-likeness (QED) is 0.566. The molecule has 0 bridgehead atoms. The fraction of sp³-hybridized carbons (Fsp3) is 1.00. The van der Waals surface area contributed by atoms with Crippen molar-refractivity contribution in [1.82, 2.24) is 10.2 Å². The van der Waals surface area contributed by atoms with Gasteiger partial charge < -0.3 is 10.2 Å². The van der Waals surface area contributed by atoms with E-state index in [2.05, 4.69) is 44.8 Å². The lowest BCUT2D eigenvalue weighted by Crippen LogP contribution is -2.35. The highest BCUT2D eigenvalue weighted by Gasteiger charge is 2.11. The molecule has 0 amide bonds. The summed E-state index contributed by atoms with van der Waals surface area (Å²) in [5, 5.41) is 3.57. The van der Waals surface area contributed by atoms with Gasteiger partial charge >= 0.3 is 0 Å². The summed E-state index contributed by atoms with van der Waals surface area (Å²) < 4.78 is 0. The van der Waals surface area contributed by atoms with Crippen LogP contribution >= 0.6 is 0 Å². The largest absolute Gasteiger partial charge is 0.314 e. The van der Waals surface area contributed by atoms with Gasteiger partial charge in [-0.05, 0) is 65.6 Å². The van der Waals surface area contributed by atoms with Gasteiger partial charge in [0.25, 0.3) is 0 Å². The number of nitrogens with one attached hydrogen (secondary N) is 1. The molecule has 0 rings (SSSR count). The van der Waals surface area contributed by atoms with Gasteiger partial charge in [0, 0.05) is 12.1 Å². The summed E-state index contributed by atoms with van der Waals surface area (Å²) in [5.41, 5.74) is 0. The Kier molecular flexibility index (Phi) is 11.9. The summed E-state index contributed by atoms with van der Waals surface area (Å²) in [4.78, 5) is 2.68. The first kappa shape index (κ1) is 17.9. The molecule has 0 aliphatic carbocycles. The Morgan fingerprint density at radius 1 is 0.944 bits per heavy atom. The Balaban J connectivity index is 3.80. The van der Waals surface area contributed by atoms with Gasteiger partial charge in [0.2, 0.25) is 0 Å². The lowest BCUT2D eigenvalue weighted by Gasteiger charge is -2.28. The molecule has 0 radical (unpaired) electrons. The van der Waals surface area contributed by atoms with Crippen LogP contribution in [-0.4, -0.2) is 36.6 Å². The third-order valence-electron chi connectivity index (χ3n) is 3.84. The molecule has 0 aliphatic rings. The molecule has 2 atom stereocenters. The normalized spacial score (nSPS) is 15.0. The Bertz CT molecular complexity index is 170. The predicted molar refractivity (Wildman–Crippen MR) is 83.2 cm³/mol. The first-order valence-electron chi connectivity index (χ1n) is 8.13. The number of nitrogens with zero attached hydrogens (tertiary/aromatic N) is 1. The number of hydrogen-bond acceptors (Lipinski definition) is 2. The van der Waals surface area contributed by atoms with E-state index in [9.17, 15) is 0 Å². The minimum absolute atomic E-state index is 0.676. The van der Waals surface area contributed by atoms with E-state index in [1.165, 1.54) is 51.6 Å². The van der Waals surface area contributed by atoms with Crippen LogP contribution in [-0.2, 0) is 0 Å². The maximum atomic E-state index is 3.57. The molecule has 0 aromatic rings. The van der Waals surface area contributed by atoms with E-state index in [0.717, 1.165) is 12.6 Å². The summed E-state index contributed by atoms with van der Waals surface area (Å²) >= 11 is 0. The van der Waals surface area contributed by atoms with Crippen molar-refractivity contribution >= 4 is 0 Å². The van der Waals surface area contributed by atoms with Gasteiger partial charge in [0.15, 0.2) is 0 Å². The molecule has 0 aromatic carbocycles. The third-order valence-corrected chi connectivity index (χ3v) is 3.84. The lowest BCUT2D eigenvalue weighted by molar-refractivity contribution is 0.195. The third kappa shape index (κ3) is 8.93. The molecule has 2 nitrogen and oxygen atoms in total. The average Bonchev–Trinajstić information content (AvgIpc) is 2.39. The highest BCUT2D eigenvalue weighted by molar-refractivity contribution is 4.68. The smallest absolute Gasteiger partial charge is 0.00643 e. The van der Waals surface area contributed by atoms with Gasteiger partial charge in [-0.15, -0.1) is 0 Å². The highest BCUT2D eigenvalue weighted by Crippen LogP contribution is 2.08. The second kappa shape index (κ2) is 12.0. The van der Waals surface area contributed by atoms with Crippen molar-refractivity contribution < 1.29 is 0 Å². The van der Waals surface area contributed by atoms with Crippen molar-refractivity contribution in [1.29, 1.82) is 0 Å². The molecule has 2 unspecified atom stereocenters. The summed E-state index contributed by atoms with van der Waals surface area (Å²) in [6.07, 6.45) is 7.79. The van der Waals surface area contributed by atoms with Crippen LogP contribution in [0.5, 0.6) is 0 Å². The molecular formula is C16H36N2. The van der Waals surface area contributed by atoms with Gasteiger partial charge in [0.05, 0.1) is 0 Å². The SMILES string of the molecule is CCCCN(CCCC(C)NCCC)C(C)CC. The molecule has 0 aromatic heterocycles. The van der Waals surface area contributed by atoms with Crippen LogP contribution in [0.1, 0.15) is 73.1 Å². The highest BCUT2D eigenvalue weighted by atomic mass is 15.1. The molecule has 0 aliphatic heterocycles. The van der Waals surface area contributed by atoms with E-state index in [1.54, 1.807) is 0 Å². The Morgan fingerprint density at radius 3 is 2.17 bits per heavy atom. The van der Waals surface area contributed by atoms with Gasteiger partial charge in [-0.3, -0.25) is 0 Å². The molecule has 0 fully saturated rings. The van der Waals surface area contributed by atoms with E-state index < -0.39 is 0 Å². The molecule has 18 heavy (non-hydrogen) atoms. The van der Waals surface area contributed by atoms with Crippen molar-refractivity contribution in [2.24, 2.45) is 0 Å². The monoisotopic (exact) mass is 256 g/mol. The van der Waals surface area contributed by atoms with Crippen LogP contribution in [0.3, 0.4) is 0 Å². The van der Waals surface area contributed by atoms with Crippen molar-refractivity contribution in [3.8, 4) is 0 Å². The van der Waals surface area contributed by atoms with E-state index in [-0.39, 0.29) is 0 Å². The number of rotatable bonds is 12. The van der Waals surface area contributed by atoms with Crippen molar-refractivity contribution in [2.45, 2.75) is 85.2 Å². The van der Waals surface area contributed by atoms with Crippen LogP contribution in [0.15, 0.2) is 0 Å². The van der Waals surface area contributed by atoms with Crippen LogP contribution in [0.4, 0.5) is 0 Å². The zero-order valence-electron chi connectivity index (χ0n) is 13.5. The summed E-state index contributed by atoms with van der Waals surface area (Å²) in [6.45, 7) is 15.2. The minimum Gasteiger partial charge on any atom is -0.314 e. The van der Waals surface area contributed by atoms with Gasteiger partial charge in [0.1, 0.15) is 0 Å². The molecule has 0 heterocycles. The van der Waals surface area contributed by atoms with E-state index in [4.69, 9.17) is 0 Å². The Hall–Kier alpha value is -0.0800. The molecule has 0 saturated carbocycles. The first-order chi connectivity index (χ1) is 8.65. The van der Waals surface area contributed by atoms with Gasteiger partial charge in [-0.2, -0.15) is 0 Å². The fourth-order valence-corrected chi connectivity index (χ4v) is 2.27. The molecule has 2 heteroatoms. The standard InChI is InChI=1S/C16H36N2/c1-6-9-13-18(16(5)8-3)14-10-11-15(4)17-12-7-2/h15-17H,6-14H2,1-5H3. The maximum absolute atomic E-state index is 3.57. The van der Waals surface area contributed by atoms with Crippen LogP contribution in [0, 0.1) is 0 Å². The van der Waals surface area contributed by atoms with Gasteiger partial charge in [-0.1, -0.05) is 27.2 Å². The molecule has 1 N–H and O–H groups in total. The fourth-order valence-electron chi connectivity index (χ4n) is 2.27. The van der Waals surface area contributed by atoms with Gasteiger partial charge in [-0.25, -0.2) is 0 Å². The van der Waals surface area contributed by atoms with Crippen molar-refractivity contribution in [3.63, 3.8) is 0 Å². The minimum atomic E-state index is 0.676. The summed E-state index contributed by atoms with van der Waals surface area (Å²) in [5.74, 6) is 0. The molecular weight excluding hydrogens is 220 g/mol. The molecule has 0 spiro atoms. The molecule has 110 valence electrons. The van der Waals surface area contributed by atoms with Crippen molar-refractivity contribution in [3.05, 3.63) is 0 Å². The van der Waals surface area contributed by atoms with Crippen LogP contribution < -0.4 is 5.32 Å². The Morgan fingerprint density at radius 2 is 1.61 bits per heavy atom. The lowest BCUT2D eigenvalue weighted by atomic mass is 10.1. The second-order valence-electron chi connectivity index (χ2n) is 5.64. The predicted octanol–water partition coefficient (Wildman–Crippen LogP) is 4.06. The second-order valence-corrected chi connectivity index (χ2v) is 5.64. The summed E-state index contributed by atoms with van der Waals surface area (Å²) in [7, 11) is 0. The van der Waals surface area contributed by atoms with E-state index in [0.29, 0.717) is 6.04 Å². The van der Waals surface area contributed by atoms with E-state index in [1.807, 2.05) is 0 Å².